The highest BCUT2D eigenvalue weighted by Crippen LogP contribution is 2.33. The van der Waals surface area contributed by atoms with Crippen LogP contribution in [-0.4, -0.2) is 19.7 Å². The van der Waals surface area contributed by atoms with E-state index in [1.807, 2.05) is 67.6 Å². The Labute approximate surface area is 119 Å². The number of hydrogen-bond acceptors (Lipinski definition) is 3. The van der Waals surface area contributed by atoms with Crippen molar-refractivity contribution in [1.82, 2.24) is 0 Å². The van der Waals surface area contributed by atoms with Crippen LogP contribution in [0.1, 0.15) is 18.1 Å². The van der Waals surface area contributed by atoms with Crippen molar-refractivity contribution in [1.29, 1.82) is 0 Å². The number of methoxy groups -OCH3 is 1. The predicted molar refractivity (Wildman–Crippen MR) is 77.3 cm³/mol. The third kappa shape index (κ3) is 3.06. The quantitative estimate of drug-likeness (QED) is 0.783. The van der Waals surface area contributed by atoms with Crippen LogP contribution in [0.4, 0.5) is 0 Å². The molecule has 0 aliphatic rings. The standard InChI is InChI=1S/C17H18O3/c1-17(20-13-16(18)19-2,14-9-5-3-6-10-14)15-11-7-4-8-12-15/h3-12H,13H2,1-2H3. The van der Waals surface area contributed by atoms with Crippen molar-refractivity contribution in [3.8, 4) is 0 Å². The van der Waals surface area contributed by atoms with Crippen molar-refractivity contribution in [2.24, 2.45) is 0 Å². The van der Waals surface area contributed by atoms with Gasteiger partial charge in [0.1, 0.15) is 12.2 Å². The maximum Gasteiger partial charge on any atom is 0.331 e. The average molecular weight is 270 g/mol. The van der Waals surface area contributed by atoms with Crippen molar-refractivity contribution in [3.63, 3.8) is 0 Å². The minimum atomic E-state index is -0.684. The van der Waals surface area contributed by atoms with Gasteiger partial charge in [-0.1, -0.05) is 60.7 Å². The molecular weight excluding hydrogens is 252 g/mol. The van der Waals surface area contributed by atoms with Crippen LogP contribution < -0.4 is 0 Å². The van der Waals surface area contributed by atoms with Gasteiger partial charge >= 0.3 is 5.97 Å². The first-order valence-electron chi connectivity index (χ1n) is 6.48. The second kappa shape index (κ2) is 6.35. The number of hydrogen-bond donors (Lipinski definition) is 0. The normalized spacial score (nSPS) is 11.1. The molecule has 0 radical (unpaired) electrons. The molecule has 2 rings (SSSR count). The van der Waals surface area contributed by atoms with E-state index in [9.17, 15) is 4.79 Å². The molecule has 0 aliphatic heterocycles. The molecule has 0 N–H and O–H groups in total. The highest BCUT2D eigenvalue weighted by molar-refractivity contribution is 5.70. The minimum absolute atomic E-state index is 0.0865. The van der Waals surface area contributed by atoms with Gasteiger partial charge in [-0.3, -0.25) is 0 Å². The van der Waals surface area contributed by atoms with Crippen LogP contribution in [0.25, 0.3) is 0 Å². The number of esters is 1. The van der Waals surface area contributed by atoms with Crippen LogP contribution in [0.15, 0.2) is 60.7 Å². The fraction of sp³-hybridized carbons (Fsp3) is 0.235. The van der Waals surface area contributed by atoms with Gasteiger partial charge in [0, 0.05) is 0 Å². The fourth-order valence-corrected chi connectivity index (χ4v) is 2.11. The summed E-state index contributed by atoms with van der Waals surface area (Å²) < 4.78 is 10.5. The zero-order valence-corrected chi connectivity index (χ0v) is 11.7. The van der Waals surface area contributed by atoms with E-state index in [1.165, 1.54) is 7.11 Å². The molecule has 0 fully saturated rings. The van der Waals surface area contributed by atoms with Gasteiger partial charge in [-0.2, -0.15) is 0 Å². The summed E-state index contributed by atoms with van der Waals surface area (Å²) in [5.41, 5.74) is 1.31. The van der Waals surface area contributed by atoms with Crippen LogP contribution in [0.2, 0.25) is 0 Å². The zero-order chi connectivity index (χ0) is 14.4. The lowest BCUT2D eigenvalue weighted by molar-refractivity contribution is -0.150. The minimum Gasteiger partial charge on any atom is -0.467 e. The van der Waals surface area contributed by atoms with Gasteiger partial charge in [0.15, 0.2) is 0 Å². The Morgan fingerprint density at radius 1 is 0.950 bits per heavy atom. The van der Waals surface area contributed by atoms with Crippen molar-refractivity contribution in [2.45, 2.75) is 12.5 Å². The van der Waals surface area contributed by atoms with Gasteiger partial charge in [0.05, 0.1) is 7.11 Å². The first kappa shape index (κ1) is 14.3. The van der Waals surface area contributed by atoms with Crippen molar-refractivity contribution in [2.75, 3.05) is 13.7 Å². The second-order valence-electron chi connectivity index (χ2n) is 4.63. The Balaban J connectivity index is 2.36. The molecule has 0 spiro atoms. The molecular formula is C17H18O3. The predicted octanol–water partition coefficient (Wildman–Crippen LogP) is 3.14. The molecule has 0 saturated heterocycles. The van der Waals surface area contributed by atoms with E-state index >= 15 is 0 Å². The Kier molecular flexibility index (Phi) is 4.53. The van der Waals surface area contributed by atoms with Gasteiger partial charge in [-0.05, 0) is 18.1 Å². The van der Waals surface area contributed by atoms with Crippen LogP contribution in [0.3, 0.4) is 0 Å². The third-order valence-electron chi connectivity index (χ3n) is 3.36. The smallest absolute Gasteiger partial charge is 0.331 e. The molecule has 0 bridgehead atoms. The van der Waals surface area contributed by atoms with E-state index in [2.05, 4.69) is 4.74 Å². The number of carbonyl (C=O) groups is 1. The summed E-state index contributed by atoms with van der Waals surface area (Å²) in [7, 11) is 1.36. The SMILES string of the molecule is COC(=O)COC(C)(c1ccccc1)c1ccccc1. The molecule has 0 amide bonds. The zero-order valence-electron chi connectivity index (χ0n) is 11.7. The number of benzene rings is 2. The second-order valence-corrected chi connectivity index (χ2v) is 4.63. The first-order valence-corrected chi connectivity index (χ1v) is 6.48. The Morgan fingerprint density at radius 2 is 1.40 bits per heavy atom. The summed E-state index contributed by atoms with van der Waals surface area (Å²) in [5, 5.41) is 0. The van der Waals surface area contributed by atoms with E-state index in [4.69, 9.17) is 4.74 Å². The third-order valence-corrected chi connectivity index (χ3v) is 3.36. The number of ether oxygens (including phenoxy) is 2. The lowest BCUT2D eigenvalue weighted by atomic mass is 9.88. The molecule has 2 aromatic carbocycles. The summed E-state index contributed by atoms with van der Waals surface area (Å²) in [4.78, 5) is 11.4. The molecule has 0 unspecified atom stereocenters. The van der Waals surface area contributed by atoms with Gasteiger partial charge in [-0.25, -0.2) is 4.79 Å². The summed E-state index contributed by atoms with van der Waals surface area (Å²) in [5.74, 6) is -0.386. The summed E-state index contributed by atoms with van der Waals surface area (Å²) in [6.07, 6.45) is 0. The van der Waals surface area contributed by atoms with E-state index in [-0.39, 0.29) is 12.6 Å². The molecule has 0 saturated carbocycles. The Hall–Kier alpha value is -2.13. The van der Waals surface area contributed by atoms with Crippen LogP contribution >= 0.6 is 0 Å². The number of carbonyl (C=O) groups excluding carboxylic acids is 1. The van der Waals surface area contributed by atoms with Crippen LogP contribution in [-0.2, 0) is 19.9 Å². The van der Waals surface area contributed by atoms with Crippen molar-refractivity contribution in [3.05, 3.63) is 71.8 Å². The lowest BCUT2D eigenvalue weighted by Crippen LogP contribution is -2.30. The Morgan fingerprint density at radius 3 is 1.80 bits per heavy atom. The first-order chi connectivity index (χ1) is 9.66. The fourth-order valence-electron chi connectivity index (χ4n) is 2.11. The molecule has 104 valence electrons. The van der Waals surface area contributed by atoms with Crippen LogP contribution in [0.5, 0.6) is 0 Å². The van der Waals surface area contributed by atoms with Gasteiger partial charge in [0.25, 0.3) is 0 Å². The Bertz CT molecular complexity index is 509. The van der Waals surface area contributed by atoms with Crippen LogP contribution in [0, 0.1) is 0 Å². The molecule has 2 aromatic rings. The van der Waals surface area contributed by atoms with E-state index < -0.39 is 5.60 Å². The summed E-state index contributed by atoms with van der Waals surface area (Å²) in [6, 6.07) is 19.7. The maximum absolute atomic E-state index is 11.4. The average Bonchev–Trinajstić information content (AvgIpc) is 2.54. The van der Waals surface area contributed by atoms with Gasteiger partial charge in [0.2, 0.25) is 0 Å². The van der Waals surface area contributed by atoms with E-state index in [0.29, 0.717) is 0 Å². The van der Waals surface area contributed by atoms with Gasteiger partial charge < -0.3 is 9.47 Å². The molecule has 0 aliphatic carbocycles. The molecule has 0 aromatic heterocycles. The summed E-state index contributed by atoms with van der Waals surface area (Å²) in [6.45, 7) is 1.87. The molecule has 3 nitrogen and oxygen atoms in total. The molecule has 20 heavy (non-hydrogen) atoms. The summed E-state index contributed by atoms with van der Waals surface area (Å²) >= 11 is 0. The van der Waals surface area contributed by atoms with Crippen molar-refractivity contribution >= 4 is 5.97 Å². The lowest BCUT2D eigenvalue weighted by Gasteiger charge is -2.30. The highest BCUT2D eigenvalue weighted by Gasteiger charge is 2.30. The topological polar surface area (TPSA) is 35.5 Å². The van der Waals surface area contributed by atoms with Gasteiger partial charge in [-0.15, -0.1) is 0 Å². The van der Waals surface area contributed by atoms with E-state index in [0.717, 1.165) is 11.1 Å². The highest BCUT2D eigenvalue weighted by atomic mass is 16.6. The maximum atomic E-state index is 11.4. The largest absolute Gasteiger partial charge is 0.467 e. The number of rotatable bonds is 5. The molecule has 0 atom stereocenters. The monoisotopic (exact) mass is 270 g/mol. The molecule has 3 heteroatoms. The molecule has 0 heterocycles. The van der Waals surface area contributed by atoms with Crippen molar-refractivity contribution < 1.29 is 14.3 Å². The van der Waals surface area contributed by atoms with E-state index in [1.54, 1.807) is 0 Å².